The maximum atomic E-state index is 13.4. The normalized spacial score (nSPS) is 12.3. The van der Waals surface area contributed by atoms with Crippen LogP contribution in [0.1, 0.15) is 35.2 Å². The SMILES string of the molecule is Cc1cccc(N(CC(=O)N[C@H](C)c2ccc(C)cc2C)S(=O)(=O)c2ccc(Cl)cc2)c1. The van der Waals surface area contributed by atoms with E-state index in [9.17, 15) is 13.2 Å². The Labute approximate surface area is 195 Å². The molecule has 1 amide bonds. The fourth-order valence-electron chi connectivity index (χ4n) is 3.64. The van der Waals surface area contributed by atoms with Gasteiger partial charge in [0.05, 0.1) is 16.6 Å². The molecule has 0 aliphatic rings. The Morgan fingerprint density at radius 1 is 0.969 bits per heavy atom. The molecule has 5 nitrogen and oxygen atoms in total. The lowest BCUT2D eigenvalue weighted by Gasteiger charge is -2.26. The van der Waals surface area contributed by atoms with Gasteiger partial charge < -0.3 is 5.32 Å². The zero-order valence-electron chi connectivity index (χ0n) is 18.6. The highest BCUT2D eigenvalue weighted by Gasteiger charge is 2.28. The van der Waals surface area contributed by atoms with E-state index in [4.69, 9.17) is 11.6 Å². The van der Waals surface area contributed by atoms with E-state index < -0.39 is 15.9 Å². The Kier molecular flexibility index (Phi) is 7.26. The number of rotatable bonds is 7. The van der Waals surface area contributed by atoms with E-state index in [1.165, 1.54) is 24.3 Å². The minimum atomic E-state index is -3.98. The molecule has 0 radical (unpaired) electrons. The standard InChI is InChI=1S/C25H27ClN2O3S/c1-17-6-5-7-22(15-17)28(32(30,31)23-11-9-21(26)10-12-23)16-25(29)27-20(4)24-13-8-18(2)14-19(24)3/h5-15,20H,16H2,1-4H3,(H,27,29)/t20-/m1/s1. The molecule has 0 saturated heterocycles. The van der Waals surface area contributed by atoms with E-state index in [0.717, 1.165) is 26.6 Å². The Balaban J connectivity index is 1.90. The summed E-state index contributed by atoms with van der Waals surface area (Å²) in [5, 5.41) is 3.37. The first-order chi connectivity index (χ1) is 15.1. The molecule has 3 aromatic rings. The van der Waals surface area contributed by atoms with Gasteiger partial charge in [-0.05, 0) is 80.8 Å². The Bertz CT molecular complexity index is 1220. The highest BCUT2D eigenvalue weighted by atomic mass is 35.5. The van der Waals surface area contributed by atoms with Crippen LogP contribution in [-0.4, -0.2) is 20.9 Å². The molecule has 1 atom stereocenters. The van der Waals surface area contributed by atoms with E-state index in [0.29, 0.717) is 10.7 Å². The van der Waals surface area contributed by atoms with Crippen molar-refractivity contribution in [1.29, 1.82) is 0 Å². The number of benzene rings is 3. The minimum Gasteiger partial charge on any atom is -0.348 e. The number of sulfonamides is 1. The van der Waals surface area contributed by atoms with Crippen molar-refractivity contribution < 1.29 is 13.2 Å². The zero-order chi connectivity index (χ0) is 23.5. The van der Waals surface area contributed by atoms with Crippen LogP contribution in [0.2, 0.25) is 5.02 Å². The van der Waals surface area contributed by atoms with Gasteiger partial charge >= 0.3 is 0 Å². The summed E-state index contributed by atoms with van der Waals surface area (Å²) in [6, 6.07) is 18.8. The van der Waals surface area contributed by atoms with Gasteiger partial charge in [-0.3, -0.25) is 9.10 Å². The van der Waals surface area contributed by atoms with Gasteiger partial charge in [0.15, 0.2) is 0 Å². The summed E-state index contributed by atoms with van der Waals surface area (Å²) in [5.41, 5.74) is 4.52. The van der Waals surface area contributed by atoms with Crippen LogP contribution in [-0.2, 0) is 14.8 Å². The van der Waals surface area contributed by atoms with Gasteiger partial charge in [0, 0.05) is 5.02 Å². The fraction of sp³-hybridized carbons (Fsp3) is 0.240. The predicted molar refractivity (Wildman–Crippen MR) is 130 cm³/mol. The van der Waals surface area contributed by atoms with Crippen LogP contribution < -0.4 is 9.62 Å². The summed E-state index contributed by atoms with van der Waals surface area (Å²) in [7, 11) is -3.98. The monoisotopic (exact) mass is 470 g/mol. The molecular formula is C25H27ClN2O3S. The van der Waals surface area contributed by atoms with Crippen LogP contribution in [0.25, 0.3) is 0 Å². The van der Waals surface area contributed by atoms with Crippen LogP contribution in [0.3, 0.4) is 0 Å². The van der Waals surface area contributed by atoms with Crippen molar-refractivity contribution in [3.8, 4) is 0 Å². The van der Waals surface area contributed by atoms with Crippen LogP contribution in [0.15, 0.2) is 71.6 Å². The highest BCUT2D eigenvalue weighted by molar-refractivity contribution is 7.92. The van der Waals surface area contributed by atoms with Gasteiger partial charge in [-0.2, -0.15) is 0 Å². The molecule has 7 heteroatoms. The first kappa shape index (κ1) is 23.8. The van der Waals surface area contributed by atoms with Gasteiger partial charge in [-0.25, -0.2) is 8.42 Å². The van der Waals surface area contributed by atoms with Crippen molar-refractivity contribution in [1.82, 2.24) is 5.32 Å². The van der Waals surface area contributed by atoms with Crippen LogP contribution >= 0.6 is 11.6 Å². The number of nitrogens with zero attached hydrogens (tertiary/aromatic N) is 1. The van der Waals surface area contributed by atoms with Crippen molar-refractivity contribution in [2.45, 2.75) is 38.6 Å². The van der Waals surface area contributed by atoms with E-state index in [2.05, 4.69) is 11.4 Å². The summed E-state index contributed by atoms with van der Waals surface area (Å²) in [4.78, 5) is 13.0. The predicted octanol–water partition coefficient (Wildman–Crippen LogP) is 5.34. The summed E-state index contributed by atoms with van der Waals surface area (Å²) in [6.45, 7) is 7.43. The minimum absolute atomic E-state index is 0.0682. The smallest absolute Gasteiger partial charge is 0.264 e. The van der Waals surface area contributed by atoms with Crippen molar-refractivity contribution in [2.24, 2.45) is 0 Å². The summed E-state index contributed by atoms with van der Waals surface area (Å²) < 4.78 is 28.0. The molecule has 0 aliphatic carbocycles. The number of halogens is 1. The number of nitrogens with one attached hydrogen (secondary N) is 1. The van der Waals surface area contributed by atoms with Gasteiger partial charge in [-0.1, -0.05) is 47.5 Å². The second-order valence-corrected chi connectivity index (χ2v) is 10.3. The van der Waals surface area contributed by atoms with Crippen LogP contribution in [0, 0.1) is 20.8 Å². The Morgan fingerprint density at radius 3 is 2.25 bits per heavy atom. The molecule has 0 aromatic heterocycles. The van der Waals surface area contributed by atoms with Crippen molar-refractivity contribution in [3.05, 3.63) is 94.0 Å². The quantitative estimate of drug-likeness (QED) is 0.507. The van der Waals surface area contributed by atoms with Crippen LogP contribution in [0.4, 0.5) is 5.69 Å². The molecule has 3 aromatic carbocycles. The third-order valence-corrected chi connectivity index (χ3v) is 7.29. The molecule has 168 valence electrons. The molecule has 0 fully saturated rings. The maximum Gasteiger partial charge on any atom is 0.264 e. The average molecular weight is 471 g/mol. The number of carbonyl (C=O) groups is 1. The highest BCUT2D eigenvalue weighted by Crippen LogP contribution is 2.26. The fourth-order valence-corrected chi connectivity index (χ4v) is 5.18. The maximum absolute atomic E-state index is 13.4. The Morgan fingerprint density at radius 2 is 1.62 bits per heavy atom. The molecule has 0 spiro atoms. The van der Waals surface area contributed by atoms with Gasteiger partial charge in [0.25, 0.3) is 10.0 Å². The summed E-state index contributed by atoms with van der Waals surface area (Å²) in [6.07, 6.45) is 0. The molecule has 32 heavy (non-hydrogen) atoms. The number of aryl methyl sites for hydroxylation is 3. The van der Waals surface area contributed by atoms with Crippen molar-refractivity contribution in [2.75, 3.05) is 10.8 Å². The van der Waals surface area contributed by atoms with Gasteiger partial charge in [-0.15, -0.1) is 0 Å². The molecule has 1 N–H and O–H groups in total. The van der Waals surface area contributed by atoms with Crippen LogP contribution in [0.5, 0.6) is 0 Å². The molecule has 3 rings (SSSR count). The molecule has 0 unspecified atom stereocenters. The number of hydrogen-bond donors (Lipinski definition) is 1. The molecule has 0 bridgehead atoms. The second kappa shape index (κ2) is 9.76. The topological polar surface area (TPSA) is 66.5 Å². The third-order valence-electron chi connectivity index (χ3n) is 5.25. The van der Waals surface area contributed by atoms with Gasteiger partial charge in [0.2, 0.25) is 5.91 Å². The number of anilines is 1. The van der Waals surface area contributed by atoms with Crippen molar-refractivity contribution >= 4 is 33.2 Å². The first-order valence-electron chi connectivity index (χ1n) is 10.3. The molecular weight excluding hydrogens is 444 g/mol. The average Bonchev–Trinajstić information content (AvgIpc) is 2.72. The number of hydrogen-bond acceptors (Lipinski definition) is 3. The summed E-state index contributed by atoms with van der Waals surface area (Å²) in [5.74, 6) is -0.392. The first-order valence-corrected chi connectivity index (χ1v) is 12.1. The molecule has 0 aliphatic heterocycles. The lowest BCUT2D eigenvalue weighted by molar-refractivity contribution is -0.120. The zero-order valence-corrected chi connectivity index (χ0v) is 20.2. The largest absolute Gasteiger partial charge is 0.348 e. The number of carbonyl (C=O) groups excluding carboxylic acids is 1. The second-order valence-electron chi connectivity index (χ2n) is 7.95. The molecule has 0 heterocycles. The van der Waals surface area contributed by atoms with E-state index in [1.807, 2.05) is 45.9 Å². The molecule has 0 saturated carbocycles. The van der Waals surface area contributed by atoms with E-state index in [1.54, 1.807) is 18.2 Å². The van der Waals surface area contributed by atoms with Crippen molar-refractivity contribution in [3.63, 3.8) is 0 Å². The third kappa shape index (κ3) is 5.50. The lowest BCUT2D eigenvalue weighted by atomic mass is 10.0. The van der Waals surface area contributed by atoms with Gasteiger partial charge in [0.1, 0.15) is 6.54 Å². The van der Waals surface area contributed by atoms with E-state index >= 15 is 0 Å². The lowest BCUT2D eigenvalue weighted by Crippen LogP contribution is -2.41. The number of amides is 1. The Hall–Kier alpha value is -2.83. The summed E-state index contributed by atoms with van der Waals surface area (Å²) >= 11 is 5.93. The van der Waals surface area contributed by atoms with E-state index in [-0.39, 0.29) is 17.5 Å².